The van der Waals surface area contributed by atoms with Gasteiger partial charge < -0.3 is 15.5 Å². The summed E-state index contributed by atoms with van der Waals surface area (Å²) in [7, 11) is 0. The van der Waals surface area contributed by atoms with Gasteiger partial charge in [-0.05, 0) is 51.3 Å². The van der Waals surface area contributed by atoms with E-state index in [2.05, 4.69) is 34.0 Å². The number of carbonyl (C=O) groups is 2. The van der Waals surface area contributed by atoms with Crippen molar-refractivity contribution in [1.29, 1.82) is 0 Å². The molecular formula is C19H26N6O2S. The zero-order chi connectivity index (χ0) is 20.3. The minimum atomic E-state index is -0.544. The van der Waals surface area contributed by atoms with E-state index in [0.29, 0.717) is 18.1 Å². The number of nitrogens with two attached hydrogens (primary N) is 1. The quantitative estimate of drug-likeness (QED) is 0.773. The van der Waals surface area contributed by atoms with E-state index >= 15 is 0 Å². The lowest BCUT2D eigenvalue weighted by Crippen LogP contribution is -2.45. The number of anilines is 2. The van der Waals surface area contributed by atoms with Gasteiger partial charge in [-0.15, -0.1) is 0 Å². The van der Waals surface area contributed by atoms with Crippen molar-refractivity contribution in [3.05, 3.63) is 24.0 Å². The van der Waals surface area contributed by atoms with Crippen LogP contribution in [-0.4, -0.2) is 52.5 Å². The highest BCUT2D eigenvalue weighted by Crippen LogP contribution is 2.34. The number of urea groups is 1. The van der Waals surface area contributed by atoms with Gasteiger partial charge in [-0.3, -0.25) is 10.1 Å². The van der Waals surface area contributed by atoms with E-state index in [0.717, 1.165) is 41.5 Å². The first kappa shape index (κ1) is 20.1. The SMILES string of the molecule is CCN(CC)c1cc(-c2sc(NC(=O)N3CCCC3C(N)=O)nc2C)ccn1. The first-order valence-corrected chi connectivity index (χ1v) is 10.3. The molecule has 3 rings (SSSR count). The van der Waals surface area contributed by atoms with Crippen molar-refractivity contribution >= 4 is 34.2 Å². The Balaban J connectivity index is 1.79. The van der Waals surface area contributed by atoms with Crippen LogP contribution in [0, 0.1) is 6.92 Å². The highest BCUT2D eigenvalue weighted by atomic mass is 32.1. The Labute approximate surface area is 168 Å². The van der Waals surface area contributed by atoms with Crippen molar-refractivity contribution in [2.75, 3.05) is 29.9 Å². The van der Waals surface area contributed by atoms with Crippen LogP contribution in [0.15, 0.2) is 18.3 Å². The third-order valence-corrected chi connectivity index (χ3v) is 6.07. The standard InChI is InChI=1S/C19H26N6O2S/c1-4-24(5-2)15-11-13(8-9-21-15)16-12(3)22-18(28-16)23-19(27)25-10-6-7-14(25)17(20)26/h8-9,11,14H,4-7,10H2,1-3H3,(H2,20,26)(H,22,23,27). The van der Waals surface area contributed by atoms with Crippen LogP contribution in [0.25, 0.3) is 10.4 Å². The Morgan fingerprint density at radius 3 is 2.82 bits per heavy atom. The van der Waals surface area contributed by atoms with Crippen molar-refractivity contribution in [3.63, 3.8) is 0 Å². The molecule has 0 saturated carbocycles. The molecule has 9 heteroatoms. The smallest absolute Gasteiger partial charge is 0.324 e. The van der Waals surface area contributed by atoms with Crippen LogP contribution in [0.4, 0.5) is 15.7 Å². The van der Waals surface area contributed by atoms with E-state index < -0.39 is 11.9 Å². The van der Waals surface area contributed by atoms with Crippen molar-refractivity contribution in [1.82, 2.24) is 14.9 Å². The van der Waals surface area contributed by atoms with E-state index in [1.807, 2.05) is 19.1 Å². The number of amides is 3. The predicted molar refractivity (Wildman–Crippen MR) is 112 cm³/mol. The summed E-state index contributed by atoms with van der Waals surface area (Å²) in [6.45, 7) is 8.40. The molecule has 1 aliphatic rings. The number of aryl methyl sites for hydroxylation is 1. The Morgan fingerprint density at radius 1 is 1.39 bits per heavy atom. The van der Waals surface area contributed by atoms with Crippen LogP contribution in [0.2, 0.25) is 0 Å². The minimum Gasteiger partial charge on any atom is -0.368 e. The van der Waals surface area contributed by atoms with Crippen molar-refractivity contribution in [2.45, 2.75) is 39.7 Å². The summed E-state index contributed by atoms with van der Waals surface area (Å²) in [5.41, 5.74) is 7.26. The van der Waals surface area contributed by atoms with Gasteiger partial charge in [0, 0.05) is 25.8 Å². The number of pyridine rings is 1. The summed E-state index contributed by atoms with van der Waals surface area (Å²) in [5.74, 6) is 0.451. The first-order chi connectivity index (χ1) is 13.4. The number of hydrogen-bond acceptors (Lipinski definition) is 6. The average Bonchev–Trinajstić information content (AvgIpc) is 3.30. The number of hydrogen-bond donors (Lipinski definition) is 2. The maximum Gasteiger partial charge on any atom is 0.324 e. The molecule has 3 N–H and O–H groups in total. The molecule has 28 heavy (non-hydrogen) atoms. The Hall–Kier alpha value is -2.68. The summed E-state index contributed by atoms with van der Waals surface area (Å²) < 4.78 is 0. The van der Waals surface area contributed by atoms with Gasteiger partial charge in [0.15, 0.2) is 5.13 Å². The van der Waals surface area contributed by atoms with Crippen LogP contribution < -0.4 is 16.0 Å². The van der Waals surface area contributed by atoms with Gasteiger partial charge in [0.1, 0.15) is 11.9 Å². The Kier molecular flexibility index (Phi) is 6.13. The van der Waals surface area contributed by atoms with E-state index in [-0.39, 0.29) is 6.03 Å². The molecular weight excluding hydrogens is 376 g/mol. The van der Waals surface area contributed by atoms with E-state index in [1.165, 1.54) is 16.2 Å². The van der Waals surface area contributed by atoms with Gasteiger partial charge in [0.2, 0.25) is 5.91 Å². The van der Waals surface area contributed by atoms with Gasteiger partial charge >= 0.3 is 6.03 Å². The van der Waals surface area contributed by atoms with Gasteiger partial charge in [0.05, 0.1) is 10.6 Å². The molecule has 1 saturated heterocycles. The summed E-state index contributed by atoms with van der Waals surface area (Å²) in [6.07, 6.45) is 3.17. The molecule has 2 aromatic heterocycles. The number of nitrogens with one attached hydrogen (secondary N) is 1. The lowest BCUT2D eigenvalue weighted by atomic mass is 10.2. The molecule has 0 aromatic carbocycles. The van der Waals surface area contributed by atoms with Gasteiger partial charge in [-0.25, -0.2) is 14.8 Å². The molecule has 0 radical (unpaired) electrons. The normalized spacial score (nSPS) is 16.2. The zero-order valence-electron chi connectivity index (χ0n) is 16.4. The molecule has 0 spiro atoms. The summed E-state index contributed by atoms with van der Waals surface area (Å²) in [5, 5.41) is 3.33. The number of nitrogens with zero attached hydrogens (tertiary/aromatic N) is 4. The Bertz CT molecular complexity index is 864. The number of primary amides is 1. The molecule has 1 atom stereocenters. The topological polar surface area (TPSA) is 104 Å². The third-order valence-electron chi connectivity index (χ3n) is 4.95. The monoisotopic (exact) mass is 402 g/mol. The fraction of sp³-hybridized carbons (Fsp3) is 0.474. The number of likely N-dealkylation sites (tertiary alicyclic amines) is 1. The van der Waals surface area contributed by atoms with Crippen molar-refractivity contribution in [2.24, 2.45) is 5.73 Å². The highest BCUT2D eigenvalue weighted by Gasteiger charge is 2.33. The van der Waals surface area contributed by atoms with Gasteiger partial charge in [0.25, 0.3) is 0 Å². The van der Waals surface area contributed by atoms with Gasteiger partial charge in [-0.2, -0.15) is 0 Å². The van der Waals surface area contributed by atoms with Crippen molar-refractivity contribution < 1.29 is 9.59 Å². The summed E-state index contributed by atoms with van der Waals surface area (Å²) >= 11 is 1.41. The van der Waals surface area contributed by atoms with Crippen LogP contribution in [0.5, 0.6) is 0 Å². The van der Waals surface area contributed by atoms with Crippen LogP contribution in [0.1, 0.15) is 32.4 Å². The molecule has 0 bridgehead atoms. The molecule has 2 aromatic rings. The van der Waals surface area contributed by atoms with E-state index in [1.54, 1.807) is 6.20 Å². The lowest BCUT2D eigenvalue weighted by molar-refractivity contribution is -0.121. The number of thiazole rings is 1. The van der Waals surface area contributed by atoms with Crippen LogP contribution in [-0.2, 0) is 4.79 Å². The second-order valence-corrected chi connectivity index (χ2v) is 7.69. The predicted octanol–water partition coefficient (Wildman–Crippen LogP) is 2.84. The molecule has 3 heterocycles. The number of aromatic nitrogens is 2. The van der Waals surface area contributed by atoms with E-state index in [4.69, 9.17) is 5.73 Å². The average molecular weight is 403 g/mol. The third kappa shape index (κ3) is 4.09. The molecule has 150 valence electrons. The molecule has 3 amide bonds. The number of carbonyl (C=O) groups excluding carboxylic acids is 2. The first-order valence-electron chi connectivity index (χ1n) is 9.50. The minimum absolute atomic E-state index is 0.333. The molecule has 8 nitrogen and oxygen atoms in total. The maximum absolute atomic E-state index is 12.6. The summed E-state index contributed by atoms with van der Waals surface area (Å²) in [6, 6.07) is 3.11. The largest absolute Gasteiger partial charge is 0.368 e. The molecule has 0 aliphatic carbocycles. The molecule has 1 aliphatic heterocycles. The highest BCUT2D eigenvalue weighted by molar-refractivity contribution is 7.19. The van der Waals surface area contributed by atoms with Gasteiger partial charge in [-0.1, -0.05) is 11.3 Å². The van der Waals surface area contributed by atoms with Crippen LogP contribution in [0.3, 0.4) is 0 Å². The zero-order valence-corrected chi connectivity index (χ0v) is 17.3. The Morgan fingerprint density at radius 2 is 2.14 bits per heavy atom. The lowest BCUT2D eigenvalue weighted by Gasteiger charge is -2.21. The van der Waals surface area contributed by atoms with Crippen molar-refractivity contribution in [3.8, 4) is 10.4 Å². The maximum atomic E-state index is 12.6. The van der Waals surface area contributed by atoms with E-state index in [9.17, 15) is 9.59 Å². The molecule has 1 fully saturated rings. The fourth-order valence-corrected chi connectivity index (χ4v) is 4.42. The fourth-order valence-electron chi connectivity index (χ4n) is 3.47. The second kappa shape index (κ2) is 8.55. The second-order valence-electron chi connectivity index (χ2n) is 6.69. The number of rotatable bonds is 6. The summed E-state index contributed by atoms with van der Waals surface area (Å²) in [4.78, 5) is 37.7. The van der Waals surface area contributed by atoms with Crippen LogP contribution >= 0.6 is 11.3 Å². The molecule has 1 unspecified atom stereocenters.